The Labute approximate surface area is 301 Å². The topological polar surface area (TPSA) is 69.4 Å². The van der Waals surface area contributed by atoms with Crippen molar-refractivity contribution < 1.29 is 47.6 Å². The Hall–Kier alpha value is -3.38. The van der Waals surface area contributed by atoms with E-state index < -0.39 is 0 Å². The van der Waals surface area contributed by atoms with Gasteiger partial charge in [0, 0.05) is 41.1 Å². The van der Waals surface area contributed by atoms with Crippen LogP contribution in [0.5, 0.6) is 0 Å². The van der Waals surface area contributed by atoms with Gasteiger partial charge in [-0.15, -0.1) is 0 Å². The molecule has 0 fully saturated rings. The molecule has 0 atom stereocenters. The summed E-state index contributed by atoms with van der Waals surface area (Å²) >= 11 is 2.15. The third-order valence-electron chi connectivity index (χ3n) is 8.20. The SMILES string of the molecule is CI.COC(=O)CCc1ccc2c(c1)c(C)c1ccccc1[n+]2C.COC(=O)CCc1ccc2nc3ccccc3c(C)c2c1.[I-]. The van der Waals surface area contributed by atoms with Crippen LogP contribution >= 0.6 is 22.6 Å². The number of ether oxygens (including phenoxy) is 2. The van der Waals surface area contributed by atoms with Gasteiger partial charge in [0.15, 0.2) is 0 Å². The first-order valence-electron chi connectivity index (χ1n) is 14.9. The molecule has 0 N–H and O–H groups in total. The first kappa shape index (κ1) is 37.1. The first-order valence-corrected chi connectivity index (χ1v) is 17.1. The van der Waals surface area contributed by atoms with Gasteiger partial charge in [-0.1, -0.05) is 65.1 Å². The second-order valence-corrected chi connectivity index (χ2v) is 10.8. The van der Waals surface area contributed by atoms with E-state index in [0.29, 0.717) is 25.7 Å². The number of carbonyl (C=O) groups is 2. The highest BCUT2D eigenvalue weighted by molar-refractivity contribution is 14.1. The maximum atomic E-state index is 11.3. The van der Waals surface area contributed by atoms with Gasteiger partial charge in [0.25, 0.3) is 0 Å². The van der Waals surface area contributed by atoms with Crippen molar-refractivity contribution in [2.24, 2.45) is 7.05 Å². The molecule has 6 aromatic rings. The predicted octanol–water partition coefficient (Wildman–Crippen LogP) is 5.09. The lowest BCUT2D eigenvalue weighted by Gasteiger charge is -2.08. The van der Waals surface area contributed by atoms with Crippen molar-refractivity contribution in [3.05, 3.63) is 107 Å². The number of fused-ring (bicyclic) bond motifs is 4. The highest BCUT2D eigenvalue weighted by atomic mass is 127. The third kappa shape index (κ3) is 8.50. The molecule has 0 saturated carbocycles. The molecule has 0 amide bonds. The Balaban J connectivity index is 0.000000233. The fourth-order valence-electron chi connectivity index (χ4n) is 5.69. The number of benzene rings is 4. The molecule has 6 nitrogen and oxygen atoms in total. The van der Waals surface area contributed by atoms with Crippen LogP contribution in [0.1, 0.15) is 35.1 Å². The van der Waals surface area contributed by atoms with E-state index in [1.165, 1.54) is 52.5 Å². The summed E-state index contributed by atoms with van der Waals surface area (Å²) < 4.78 is 11.6. The Morgan fingerprint density at radius 3 is 1.76 bits per heavy atom. The molecule has 0 saturated heterocycles. The number of para-hydroxylation sites is 2. The number of hydrogen-bond acceptors (Lipinski definition) is 5. The van der Waals surface area contributed by atoms with Gasteiger partial charge in [0.1, 0.15) is 7.05 Å². The van der Waals surface area contributed by atoms with Crippen molar-refractivity contribution >= 4 is 78.1 Å². The fraction of sp³-hybridized carbons (Fsp3) is 0.263. The van der Waals surface area contributed by atoms with Gasteiger partial charge in [0.05, 0.1) is 30.6 Å². The number of aromatic nitrogens is 2. The van der Waals surface area contributed by atoms with Gasteiger partial charge in [-0.25, -0.2) is 4.98 Å². The zero-order valence-corrected chi connectivity index (χ0v) is 31.5. The summed E-state index contributed by atoms with van der Waals surface area (Å²) in [6.45, 7) is 4.28. The molecule has 2 heterocycles. The molecule has 0 aliphatic heterocycles. The Morgan fingerprint density at radius 2 is 1.13 bits per heavy atom. The standard InChI is InChI=1S/C19H20NO2.C18H17NO2.CH3I.HI/c1-13-15-6-4-5-7-17(15)20(2)18-10-8-14(12-16(13)18)9-11-19(21)22-3;1-12-14-5-3-4-6-16(14)19-17-9-7-13(11-15(12)17)8-10-18(20)21-2;1-2;/h4-8,10,12H,9,11H2,1-3H3;3-7,9,11H,8,10H2,1-2H3;1H3;1H/q+1;;;/p-1. The van der Waals surface area contributed by atoms with Crippen LogP contribution in [0.4, 0.5) is 0 Å². The Kier molecular flexibility index (Phi) is 14.1. The normalized spacial score (nSPS) is 10.4. The highest BCUT2D eigenvalue weighted by Gasteiger charge is 2.15. The van der Waals surface area contributed by atoms with Crippen LogP contribution in [-0.2, 0) is 39.0 Å². The van der Waals surface area contributed by atoms with Gasteiger partial charge in [-0.05, 0) is 84.2 Å². The average molecular weight is 843 g/mol. The molecule has 0 aliphatic rings. The number of hydrogen-bond donors (Lipinski definition) is 0. The number of halogens is 2. The number of alkyl halides is 1. The first-order chi connectivity index (χ1) is 21.8. The largest absolute Gasteiger partial charge is 1.00 e. The Bertz CT molecular complexity index is 1990. The van der Waals surface area contributed by atoms with Gasteiger partial charge in [-0.2, -0.15) is 4.57 Å². The van der Waals surface area contributed by atoms with Crippen molar-refractivity contribution in [1.29, 1.82) is 0 Å². The quantitative estimate of drug-likeness (QED) is 0.0770. The third-order valence-corrected chi connectivity index (χ3v) is 8.20. The molecular formula is C38H40I2N2O4. The van der Waals surface area contributed by atoms with Crippen LogP contribution in [0.2, 0.25) is 0 Å². The van der Waals surface area contributed by atoms with Crippen molar-refractivity contribution in [3.8, 4) is 0 Å². The minimum atomic E-state index is -0.177. The summed E-state index contributed by atoms with van der Waals surface area (Å²) in [6, 6.07) is 29.2. The monoisotopic (exact) mass is 842 g/mol. The molecule has 2 aromatic heterocycles. The zero-order valence-electron chi connectivity index (χ0n) is 27.2. The maximum Gasteiger partial charge on any atom is 0.305 e. The molecule has 240 valence electrons. The van der Waals surface area contributed by atoms with Crippen LogP contribution < -0.4 is 28.5 Å². The van der Waals surface area contributed by atoms with Gasteiger partial charge >= 0.3 is 11.9 Å². The summed E-state index contributed by atoms with van der Waals surface area (Å²) in [5.41, 5.74) is 9.26. The number of nitrogens with zero attached hydrogens (tertiary/aromatic N) is 2. The van der Waals surface area contributed by atoms with Crippen molar-refractivity contribution in [3.63, 3.8) is 0 Å². The molecule has 0 unspecified atom stereocenters. The lowest BCUT2D eigenvalue weighted by Crippen LogP contribution is -3.00. The minimum Gasteiger partial charge on any atom is -1.00 e. The molecule has 0 bridgehead atoms. The van der Waals surface area contributed by atoms with Crippen molar-refractivity contribution in [1.82, 2.24) is 4.98 Å². The summed E-state index contributed by atoms with van der Waals surface area (Å²) in [5.74, 6) is -0.343. The second kappa shape index (κ2) is 17.5. The molecule has 4 aromatic carbocycles. The number of esters is 2. The van der Waals surface area contributed by atoms with Crippen molar-refractivity contribution in [2.45, 2.75) is 39.5 Å². The number of rotatable bonds is 6. The van der Waals surface area contributed by atoms with Crippen LogP contribution in [0.25, 0.3) is 43.6 Å². The van der Waals surface area contributed by atoms with E-state index in [1.807, 2.05) is 35.3 Å². The lowest BCUT2D eigenvalue weighted by atomic mass is 10.00. The fourth-order valence-corrected chi connectivity index (χ4v) is 5.69. The number of pyridine rings is 2. The van der Waals surface area contributed by atoms with Gasteiger partial charge in [-0.3, -0.25) is 9.59 Å². The van der Waals surface area contributed by atoms with Crippen LogP contribution in [0, 0.1) is 13.8 Å². The Morgan fingerprint density at radius 1 is 0.652 bits per heavy atom. The van der Waals surface area contributed by atoms with E-state index in [4.69, 9.17) is 9.72 Å². The lowest BCUT2D eigenvalue weighted by molar-refractivity contribution is -0.617. The molecule has 6 rings (SSSR count). The van der Waals surface area contributed by atoms with Crippen LogP contribution in [0.3, 0.4) is 0 Å². The second-order valence-electron chi connectivity index (χ2n) is 10.8. The maximum absolute atomic E-state index is 11.3. The summed E-state index contributed by atoms with van der Waals surface area (Å²) in [5, 5.41) is 4.83. The molecule has 46 heavy (non-hydrogen) atoms. The van der Waals surface area contributed by atoms with E-state index in [2.05, 4.69) is 107 Å². The zero-order chi connectivity index (χ0) is 32.5. The van der Waals surface area contributed by atoms with E-state index in [9.17, 15) is 9.59 Å². The smallest absolute Gasteiger partial charge is 0.305 e. The average Bonchev–Trinajstić information content (AvgIpc) is 3.09. The summed E-state index contributed by atoms with van der Waals surface area (Å²) in [4.78, 5) is 29.2. The molecule has 8 heteroatoms. The molecule has 0 aliphatic carbocycles. The van der Waals surface area contributed by atoms with Crippen LogP contribution in [0.15, 0.2) is 84.9 Å². The van der Waals surface area contributed by atoms with E-state index in [1.54, 1.807) is 0 Å². The molecule has 0 spiro atoms. The van der Waals surface area contributed by atoms with E-state index >= 15 is 0 Å². The molecular weight excluding hydrogens is 802 g/mol. The highest BCUT2D eigenvalue weighted by Crippen LogP contribution is 2.27. The number of carbonyl (C=O) groups excluding carboxylic acids is 2. The van der Waals surface area contributed by atoms with Gasteiger partial charge in [0.2, 0.25) is 11.0 Å². The number of methoxy groups -OCH3 is 2. The van der Waals surface area contributed by atoms with Gasteiger partial charge < -0.3 is 33.5 Å². The minimum absolute atomic E-state index is 0. The summed E-state index contributed by atoms with van der Waals surface area (Å²) in [6.07, 6.45) is 2.22. The van der Waals surface area contributed by atoms with Crippen molar-refractivity contribution in [2.75, 3.05) is 19.2 Å². The van der Waals surface area contributed by atoms with E-state index in [-0.39, 0.29) is 35.9 Å². The van der Waals surface area contributed by atoms with Crippen LogP contribution in [-0.4, -0.2) is 36.1 Å². The predicted molar refractivity (Wildman–Crippen MR) is 192 cm³/mol. The summed E-state index contributed by atoms with van der Waals surface area (Å²) in [7, 11) is 4.94. The van der Waals surface area contributed by atoms with E-state index in [0.717, 1.165) is 27.5 Å². The number of aryl methyl sites for hydroxylation is 5. The molecule has 0 radical (unpaired) electrons.